The summed E-state index contributed by atoms with van der Waals surface area (Å²) in [6.07, 6.45) is 1.31. The lowest BCUT2D eigenvalue weighted by molar-refractivity contribution is -0.122. The number of hydrogen-bond donors (Lipinski definition) is 1. The number of amides is 1. The van der Waals surface area contributed by atoms with Crippen LogP contribution in [-0.2, 0) is 14.8 Å². The molecule has 146 valence electrons. The Morgan fingerprint density at radius 2 is 1.67 bits per heavy atom. The van der Waals surface area contributed by atoms with Crippen molar-refractivity contribution >= 4 is 21.6 Å². The lowest BCUT2D eigenvalue weighted by atomic mass is 10.1. The van der Waals surface area contributed by atoms with Gasteiger partial charge in [-0.05, 0) is 50.1 Å². The first-order valence-corrected chi connectivity index (χ1v) is 10.6. The molecule has 5 nitrogen and oxygen atoms in total. The second-order valence-electron chi connectivity index (χ2n) is 6.60. The predicted molar refractivity (Wildman–Crippen MR) is 106 cm³/mol. The highest BCUT2D eigenvalue weighted by Crippen LogP contribution is 2.23. The average Bonchev–Trinajstić information content (AvgIpc) is 2.60. The Morgan fingerprint density at radius 1 is 1.11 bits per heavy atom. The van der Waals surface area contributed by atoms with Gasteiger partial charge in [0.25, 0.3) is 0 Å². The number of hydrogen-bond acceptors (Lipinski definition) is 3. The van der Waals surface area contributed by atoms with Crippen LogP contribution in [0.4, 0.5) is 10.1 Å². The van der Waals surface area contributed by atoms with Gasteiger partial charge in [0.05, 0.1) is 18.0 Å². The van der Waals surface area contributed by atoms with Crippen molar-refractivity contribution in [3.63, 3.8) is 0 Å². The van der Waals surface area contributed by atoms with Crippen molar-refractivity contribution in [2.45, 2.75) is 39.3 Å². The number of aryl methyl sites for hydroxylation is 1. The monoisotopic (exact) mass is 392 g/mol. The number of nitrogens with zero attached hydrogens (tertiary/aromatic N) is 1. The molecule has 2 atom stereocenters. The fraction of sp³-hybridized carbons (Fsp3) is 0.350. The third kappa shape index (κ3) is 5.29. The molecule has 0 aliphatic heterocycles. The number of carbonyl (C=O) groups is 1. The van der Waals surface area contributed by atoms with E-state index >= 15 is 0 Å². The molecule has 7 heteroatoms. The number of sulfonamides is 1. The van der Waals surface area contributed by atoms with Crippen LogP contribution in [0.5, 0.6) is 0 Å². The predicted octanol–water partition coefficient (Wildman–Crippen LogP) is 3.56. The molecule has 2 aromatic rings. The highest BCUT2D eigenvalue weighted by Gasteiger charge is 2.32. The number of carbonyl (C=O) groups excluding carboxylic acids is 1. The SMILES string of the molecule is CCC(C(=O)NC(C)c1ccc(C)cc1)N(c1ccc(F)cc1)S(C)(=O)=O. The lowest BCUT2D eigenvalue weighted by Crippen LogP contribution is -2.49. The van der Waals surface area contributed by atoms with Crippen molar-refractivity contribution in [1.82, 2.24) is 5.32 Å². The molecule has 0 aromatic heterocycles. The summed E-state index contributed by atoms with van der Waals surface area (Å²) in [4.78, 5) is 12.9. The number of benzene rings is 2. The third-order valence-corrected chi connectivity index (χ3v) is 5.53. The van der Waals surface area contributed by atoms with Gasteiger partial charge in [-0.1, -0.05) is 36.8 Å². The van der Waals surface area contributed by atoms with Crippen molar-refractivity contribution in [2.24, 2.45) is 0 Å². The Kier molecular flexibility index (Phi) is 6.59. The maximum atomic E-state index is 13.2. The van der Waals surface area contributed by atoms with E-state index in [2.05, 4.69) is 5.32 Å². The van der Waals surface area contributed by atoms with E-state index in [-0.39, 0.29) is 18.2 Å². The standard InChI is InChI=1S/C20H25FN2O3S/c1-5-19(20(24)22-15(3)16-8-6-14(2)7-9-16)23(27(4,25)26)18-12-10-17(21)11-13-18/h6-13,15,19H,5H2,1-4H3,(H,22,24). The Hall–Kier alpha value is -2.41. The largest absolute Gasteiger partial charge is 0.348 e. The maximum Gasteiger partial charge on any atom is 0.244 e. The van der Waals surface area contributed by atoms with Gasteiger partial charge in [0, 0.05) is 0 Å². The minimum Gasteiger partial charge on any atom is -0.348 e. The van der Waals surface area contributed by atoms with Gasteiger partial charge in [-0.15, -0.1) is 0 Å². The summed E-state index contributed by atoms with van der Waals surface area (Å²) in [7, 11) is -3.74. The van der Waals surface area contributed by atoms with E-state index < -0.39 is 27.8 Å². The Morgan fingerprint density at radius 3 is 2.15 bits per heavy atom. The number of rotatable bonds is 7. The van der Waals surface area contributed by atoms with E-state index in [0.29, 0.717) is 0 Å². The molecule has 0 spiro atoms. The molecule has 1 N–H and O–H groups in total. The lowest BCUT2D eigenvalue weighted by Gasteiger charge is -2.31. The zero-order valence-corrected chi connectivity index (χ0v) is 16.8. The van der Waals surface area contributed by atoms with Crippen LogP contribution in [0.25, 0.3) is 0 Å². The van der Waals surface area contributed by atoms with Crippen LogP contribution < -0.4 is 9.62 Å². The molecule has 0 radical (unpaired) electrons. The van der Waals surface area contributed by atoms with Crippen LogP contribution in [0.15, 0.2) is 48.5 Å². The van der Waals surface area contributed by atoms with Gasteiger partial charge in [-0.3, -0.25) is 9.10 Å². The van der Waals surface area contributed by atoms with Crippen LogP contribution >= 0.6 is 0 Å². The summed E-state index contributed by atoms with van der Waals surface area (Å²) >= 11 is 0. The normalized spacial score (nSPS) is 13.7. The third-order valence-electron chi connectivity index (χ3n) is 4.35. The summed E-state index contributed by atoms with van der Waals surface area (Å²) < 4.78 is 39.0. The maximum absolute atomic E-state index is 13.2. The van der Waals surface area contributed by atoms with E-state index in [1.165, 1.54) is 24.3 Å². The molecule has 1 amide bonds. The fourth-order valence-electron chi connectivity index (χ4n) is 2.90. The second-order valence-corrected chi connectivity index (χ2v) is 8.46. The van der Waals surface area contributed by atoms with Gasteiger partial charge >= 0.3 is 0 Å². The second kappa shape index (κ2) is 8.52. The van der Waals surface area contributed by atoms with E-state index in [9.17, 15) is 17.6 Å². The molecule has 0 aliphatic rings. The summed E-state index contributed by atoms with van der Waals surface area (Å²) in [6, 6.07) is 11.6. The summed E-state index contributed by atoms with van der Waals surface area (Å²) in [5, 5.41) is 2.88. The van der Waals surface area contributed by atoms with Gasteiger partial charge in [0.1, 0.15) is 11.9 Å². The quantitative estimate of drug-likeness (QED) is 0.784. The number of nitrogens with one attached hydrogen (secondary N) is 1. The van der Waals surface area contributed by atoms with Crippen molar-refractivity contribution in [2.75, 3.05) is 10.6 Å². The Bertz CT molecular complexity index is 880. The molecular weight excluding hydrogens is 367 g/mol. The molecule has 27 heavy (non-hydrogen) atoms. The average molecular weight is 392 g/mol. The van der Waals surface area contributed by atoms with Crippen molar-refractivity contribution in [1.29, 1.82) is 0 Å². The molecule has 2 rings (SSSR count). The summed E-state index contributed by atoms with van der Waals surface area (Å²) in [5.41, 5.74) is 2.30. The van der Waals surface area contributed by atoms with Crippen LogP contribution in [-0.4, -0.2) is 26.6 Å². The first kappa shape index (κ1) is 20.9. The molecule has 0 fully saturated rings. The summed E-state index contributed by atoms with van der Waals surface area (Å²) in [6.45, 7) is 5.56. The molecule has 0 heterocycles. The van der Waals surface area contributed by atoms with Gasteiger partial charge in [-0.25, -0.2) is 12.8 Å². The van der Waals surface area contributed by atoms with E-state index in [1.807, 2.05) is 38.1 Å². The summed E-state index contributed by atoms with van der Waals surface area (Å²) in [5.74, 6) is -0.877. The van der Waals surface area contributed by atoms with Crippen LogP contribution in [0.2, 0.25) is 0 Å². The minimum absolute atomic E-state index is 0.254. The highest BCUT2D eigenvalue weighted by molar-refractivity contribution is 7.92. The molecule has 0 aliphatic carbocycles. The molecule has 0 saturated heterocycles. The number of anilines is 1. The van der Waals surface area contributed by atoms with Crippen molar-refractivity contribution < 1.29 is 17.6 Å². The van der Waals surface area contributed by atoms with Crippen LogP contribution in [0.1, 0.15) is 37.4 Å². The Balaban J connectivity index is 2.28. The highest BCUT2D eigenvalue weighted by atomic mass is 32.2. The molecule has 2 unspecified atom stereocenters. The minimum atomic E-state index is -3.74. The number of halogens is 1. The van der Waals surface area contributed by atoms with E-state index in [0.717, 1.165) is 21.7 Å². The Labute approximate surface area is 160 Å². The van der Waals surface area contributed by atoms with Gasteiger partial charge < -0.3 is 5.32 Å². The van der Waals surface area contributed by atoms with Gasteiger partial charge in [-0.2, -0.15) is 0 Å². The van der Waals surface area contributed by atoms with E-state index in [1.54, 1.807) is 6.92 Å². The smallest absolute Gasteiger partial charge is 0.244 e. The molecular formula is C20H25FN2O3S. The topological polar surface area (TPSA) is 66.5 Å². The zero-order valence-electron chi connectivity index (χ0n) is 15.9. The molecule has 0 bridgehead atoms. The van der Waals surface area contributed by atoms with E-state index in [4.69, 9.17) is 0 Å². The van der Waals surface area contributed by atoms with Crippen molar-refractivity contribution in [3.8, 4) is 0 Å². The fourth-order valence-corrected chi connectivity index (χ4v) is 4.11. The van der Waals surface area contributed by atoms with Gasteiger partial charge in [0.2, 0.25) is 15.9 Å². The van der Waals surface area contributed by atoms with Crippen LogP contribution in [0.3, 0.4) is 0 Å². The molecule has 0 saturated carbocycles. The van der Waals surface area contributed by atoms with Crippen LogP contribution in [0, 0.1) is 12.7 Å². The first-order valence-electron chi connectivity index (χ1n) is 8.75. The first-order chi connectivity index (χ1) is 12.6. The molecule has 2 aromatic carbocycles. The van der Waals surface area contributed by atoms with Gasteiger partial charge in [0.15, 0.2) is 0 Å². The van der Waals surface area contributed by atoms with Crippen molar-refractivity contribution in [3.05, 3.63) is 65.5 Å². The zero-order chi connectivity index (χ0) is 20.2.